The van der Waals surface area contributed by atoms with E-state index in [1.165, 1.54) is 0 Å². The zero-order valence-electron chi connectivity index (χ0n) is 38.7. The van der Waals surface area contributed by atoms with Gasteiger partial charge in [-0.25, -0.2) is 0 Å². The molecule has 9 fully saturated rings. The van der Waals surface area contributed by atoms with E-state index in [2.05, 4.69) is 41.5 Å². The van der Waals surface area contributed by atoms with Gasteiger partial charge in [-0.15, -0.1) is 0 Å². The van der Waals surface area contributed by atoms with Gasteiger partial charge in [0.1, 0.15) is 73.4 Å². The highest BCUT2D eigenvalue weighted by Crippen LogP contribution is 2.80. The van der Waals surface area contributed by atoms with Gasteiger partial charge in [0.25, 0.3) is 0 Å². The fraction of sp³-hybridized carbons (Fsp3) is 0.979. The molecule has 10 N–H and O–H groups in total. The molecule has 4 aliphatic heterocycles. The molecule has 65 heavy (non-hydrogen) atoms. The molecule has 0 unspecified atom stereocenters. The van der Waals surface area contributed by atoms with Crippen molar-refractivity contribution < 1.29 is 89.0 Å². The Morgan fingerprint density at radius 3 is 1.85 bits per heavy atom. The van der Waals surface area contributed by atoms with Crippen LogP contribution in [0.25, 0.3) is 0 Å². The molecule has 1 spiro atoms. The number of aldehydes is 1. The first-order chi connectivity index (χ1) is 30.5. The number of aliphatic hydroxyl groups is 10. The Morgan fingerprint density at radius 1 is 0.615 bits per heavy atom. The molecule has 4 saturated heterocycles. The Kier molecular flexibility index (Phi) is 12.7. The lowest BCUT2D eigenvalue weighted by Gasteiger charge is -2.75. The highest BCUT2D eigenvalue weighted by molar-refractivity contribution is 5.59. The molecular weight excluding hydrogens is 852 g/mol. The number of carbonyl (C=O) groups excluding carboxylic acids is 1. The zero-order chi connectivity index (χ0) is 47.0. The van der Waals surface area contributed by atoms with Gasteiger partial charge >= 0.3 is 0 Å². The third-order valence-electron chi connectivity index (χ3n) is 20.2. The van der Waals surface area contributed by atoms with Gasteiger partial charge in [-0.1, -0.05) is 41.5 Å². The molecule has 9 rings (SSSR count). The normalized spacial score (nSPS) is 58.5. The third kappa shape index (κ3) is 7.00. The largest absolute Gasteiger partial charge is 0.394 e. The average Bonchev–Trinajstić information content (AvgIpc) is 3.55. The van der Waals surface area contributed by atoms with Crippen molar-refractivity contribution in [1.29, 1.82) is 0 Å². The standard InChI is InChI=1S/C47H76O18/c1-41(2)25-7-11-44(5)26(8-12-47-27-15-42(3,20-50)13-14-46(27,21-60-47)28(51)16-45(44,47)6)43(25,4)10-9-29(41)64-40-37(65-39-36(58)34(56)31(53)23(18-49)62-39)32(54)24(19-59-40)63-38-35(57)33(55)30(52)22(17-48)61-38/h20,22-40,48-49,51-58H,7-19,21H2,1-6H3/t22-,23-,24-,25+,26-,27-,28-,29+,30-,31-,32-,33+,34+,35-,36-,37+,38+,39+,40-,42+,43+,44-,45+,46-,47+/m1/s1. The molecule has 5 saturated carbocycles. The van der Waals surface area contributed by atoms with E-state index in [1.807, 2.05) is 0 Å². The monoisotopic (exact) mass is 929 g/mol. The topological polar surface area (TPSA) is 284 Å². The summed E-state index contributed by atoms with van der Waals surface area (Å²) in [6.45, 7) is 12.5. The fourth-order valence-electron chi connectivity index (χ4n) is 16.2. The van der Waals surface area contributed by atoms with Crippen LogP contribution < -0.4 is 0 Å². The Balaban J connectivity index is 0.963. The second kappa shape index (κ2) is 16.8. The minimum atomic E-state index is -1.82. The van der Waals surface area contributed by atoms with E-state index >= 15 is 0 Å². The van der Waals surface area contributed by atoms with E-state index in [9.17, 15) is 55.9 Å². The molecule has 4 heterocycles. The lowest BCUT2D eigenvalue weighted by Crippen LogP contribution is -2.74. The summed E-state index contributed by atoms with van der Waals surface area (Å²) in [5.41, 5.74) is -2.30. The van der Waals surface area contributed by atoms with Gasteiger partial charge in [0, 0.05) is 16.2 Å². The Morgan fingerprint density at radius 2 is 1.23 bits per heavy atom. The van der Waals surface area contributed by atoms with Crippen molar-refractivity contribution in [3.63, 3.8) is 0 Å². The molecule has 9 aliphatic rings. The van der Waals surface area contributed by atoms with E-state index in [0.29, 0.717) is 25.4 Å². The van der Waals surface area contributed by atoms with Crippen LogP contribution in [0.5, 0.6) is 0 Å². The van der Waals surface area contributed by atoms with Crippen LogP contribution in [0.15, 0.2) is 0 Å². The van der Waals surface area contributed by atoms with Gasteiger partial charge in [-0.3, -0.25) is 0 Å². The van der Waals surface area contributed by atoms with E-state index < -0.39 is 128 Å². The first-order valence-corrected chi connectivity index (χ1v) is 24.2. The number of ether oxygens (including phenoxy) is 7. The van der Waals surface area contributed by atoms with E-state index in [-0.39, 0.29) is 40.1 Å². The van der Waals surface area contributed by atoms with E-state index in [0.717, 1.165) is 57.7 Å². The van der Waals surface area contributed by atoms with Crippen LogP contribution in [0.2, 0.25) is 0 Å². The van der Waals surface area contributed by atoms with Gasteiger partial charge in [0.2, 0.25) is 0 Å². The van der Waals surface area contributed by atoms with Crippen molar-refractivity contribution in [2.24, 2.45) is 50.2 Å². The molecule has 5 aliphatic carbocycles. The predicted molar refractivity (Wildman–Crippen MR) is 224 cm³/mol. The van der Waals surface area contributed by atoms with Crippen molar-refractivity contribution in [3.8, 4) is 0 Å². The predicted octanol–water partition coefficient (Wildman–Crippen LogP) is -0.357. The summed E-state index contributed by atoms with van der Waals surface area (Å²) >= 11 is 0. The van der Waals surface area contributed by atoms with Crippen molar-refractivity contribution in [2.45, 2.75) is 210 Å². The maximum Gasteiger partial charge on any atom is 0.187 e. The fourth-order valence-corrected chi connectivity index (χ4v) is 16.2. The third-order valence-corrected chi connectivity index (χ3v) is 20.2. The summed E-state index contributed by atoms with van der Waals surface area (Å²) in [5, 5.41) is 108. The minimum absolute atomic E-state index is 0.0998. The molecule has 0 aromatic carbocycles. The van der Waals surface area contributed by atoms with Crippen LogP contribution in [-0.4, -0.2) is 188 Å². The van der Waals surface area contributed by atoms with Crippen molar-refractivity contribution >= 4 is 6.29 Å². The zero-order valence-corrected chi connectivity index (χ0v) is 38.7. The smallest absolute Gasteiger partial charge is 0.187 e. The molecule has 0 radical (unpaired) electrons. The van der Waals surface area contributed by atoms with Gasteiger partial charge in [0.05, 0.1) is 44.2 Å². The molecule has 0 aromatic rings. The molecule has 2 bridgehead atoms. The first-order valence-electron chi connectivity index (χ1n) is 24.2. The summed E-state index contributed by atoms with van der Waals surface area (Å²) in [5.74, 6) is 0.572. The molecule has 18 nitrogen and oxygen atoms in total. The number of fused-ring (bicyclic) bond motifs is 4. The van der Waals surface area contributed by atoms with Gasteiger partial charge < -0.3 is 89.0 Å². The van der Waals surface area contributed by atoms with Gasteiger partial charge in [-0.05, 0) is 98.2 Å². The second-order valence-corrected chi connectivity index (χ2v) is 23.4. The van der Waals surface area contributed by atoms with E-state index in [4.69, 9.17) is 33.2 Å². The van der Waals surface area contributed by atoms with Crippen LogP contribution in [0.1, 0.15) is 106 Å². The molecule has 25 atom stereocenters. The van der Waals surface area contributed by atoms with Crippen LogP contribution in [0.3, 0.4) is 0 Å². The molecule has 0 aromatic heterocycles. The number of carbonyl (C=O) groups is 1. The van der Waals surface area contributed by atoms with Crippen LogP contribution in [0.4, 0.5) is 0 Å². The number of hydrogen-bond donors (Lipinski definition) is 10. The molecule has 0 amide bonds. The van der Waals surface area contributed by atoms with Crippen LogP contribution in [0, 0.1) is 50.2 Å². The van der Waals surface area contributed by atoms with Crippen molar-refractivity contribution in [1.82, 2.24) is 0 Å². The second-order valence-electron chi connectivity index (χ2n) is 23.4. The maximum absolute atomic E-state index is 12.5. The summed E-state index contributed by atoms with van der Waals surface area (Å²) in [6.07, 6.45) is -13.9. The summed E-state index contributed by atoms with van der Waals surface area (Å²) in [7, 11) is 0. The SMILES string of the molecule is CC1(C)[C@@H](O[C@H]2OC[C@@H](O[C@@H]3O[C@H](CO)[C@@H](O)[C@H](O)[C@H]3O)[C@@H](O)[C@@H]2O[C@@H]2O[C@H](CO)[C@@H](O)[C@H](O)[C@H]2O)CC[C@]2(C)[C@H]3CC[C@]45OC[C@@]6(CC[C@](C)(C=O)C[C@H]64)[C@H](O)C[C@@]5(C)[C@]3(C)CC[C@@H]12. The first kappa shape index (κ1) is 49.0. The Hall–Kier alpha value is -1.01. The lowest BCUT2D eigenvalue weighted by molar-refractivity contribution is -0.383. The number of hydrogen-bond acceptors (Lipinski definition) is 18. The molecule has 372 valence electrons. The Labute approximate surface area is 380 Å². The minimum Gasteiger partial charge on any atom is -0.394 e. The molecular formula is C47H76O18. The summed E-state index contributed by atoms with van der Waals surface area (Å²) < 4.78 is 43.7. The quantitative estimate of drug-likeness (QED) is 0.104. The lowest BCUT2D eigenvalue weighted by atomic mass is 9.30. The highest BCUT2D eigenvalue weighted by Gasteiger charge is 2.80. The van der Waals surface area contributed by atoms with Gasteiger partial charge in [-0.2, -0.15) is 0 Å². The number of rotatable bonds is 9. The summed E-state index contributed by atoms with van der Waals surface area (Å²) in [4.78, 5) is 12.5. The maximum atomic E-state index is 12.5. The van der Waals surface area contributed by atoms with Crippen molar-refractivity contribution in [2.75, 3.05) is 26.4 Å². The van der Waals surface area contributed by atoms with Crippen LogP contribution >= 0.6 is 0 Å². The summed E-state index contributed by atoms with van der Waals surface area (Å²) in [6, 6.07) is 0. The average molecular weight is 929 g/mol. The Bertz CT molecular complexity index is 1750. The van der Waals surface area contributed by atoms with Crippen LogP contribution in [-0.2, 0) is 38.0 Å². The molecule has 18 heteroatoms. The van der Waals surface area contributed by atoms with Crippen molar-refractivity contribution in [3.05, 3.63) is 0 Å². The highest BCUT2D eigenvalue weighted by atomic mass is 16.8. The number of aliphatic hydroxyl groups excluding tert-OH is 10. The van der Waals surface area contributed by atoms with Gasteiger partial charge in [0.15, 0.2) is 18.9 Å². The van der Waals surface area contributed by atoms with E-state index in [1.54, 1.807) is 0 Å².